The molecule has 2 atom stereocenters. The van der Waals surface area contributed by atoms with Crippen LogP contribution in [0.2, 0.25) is 0 Å². The van der Waals surface area contributed by atoms with Crippen LogP contribution in [-0.4, -0.2) is 33.8 Å². The number of halogens is 2. The Labute approximate surface area is 162 Å². The van der Waals surface area contributed by atoms with Gasteiger partial charge in [0.15, 0.2) is 0 Å². The molecular formula is C18H28F2O6S. The highest BCUT2D eigenvalue weighted by atomic mass is 32.2. The molecule has 2 unspecified atom stereocenters. The van der Waals surface area contributed by atoms with Crippen LogP contribution in [0.1, 0.15) is 65.2 Å². The second kappa shape index (κ2) is 7.40. The average Bonchev–Trinajstić information content (AvgIpc) is 2.49. The Kier molecular flexibility index (Phi) is 5.82. The first-order valence-electron chi connectivity index (χ1n) is 9.41. The molecule has 0 radical (unpaired) electrons. The Morgan fingerprint density at radius 2 is 1.85 bits per heavy atom. The van der Waals surface area contributed by atoms with E-state index in [0.717, 1.165) is 25.7 Å². The third-order valence-electron chi connectivity index (χ3n) is 6.49. The van der Waals surface area contributed by atoms with Gasteiger partial charge in [-0.25, -0.2) is 10.1 Å². The highest BCUT2D eigenvalue weighted by molar-refractivity contribution is 7.96. The van der Waals surface area contributed by atoms with Crippen LogP contribution in [0.5, 0.6) is 0 Å². The summed E-state index contributed by atoms with van der Waals surface area (Å²) in [5, 5.41) is 16.6. The molecule has 27 heavy (non-hydrogen) atoms. The van der Waals surface area contributed by atoms with Gasteiger partial charge in [0.2, 0.25) is 0 Å². The molecule has 156 valence electrons. The first kappa shape index (κ1) is 21.2. The standard InChI is InChI=1S/C18H28F2O6S/c1-15(2,3-4-21)10-16-6-12-5-13(7-16)9-17(8-12,11-16)24-14(22)18(19,20)27-26-25-23/h12-13,21,23H,3-11H2,1-2H3. The molecule has 0 aliphatic heterocycles. The van der Waals surface area contributed by atoms with E-state index >= 15 is 0 Å². The predicted molar refractivity (Wildman–Crippen MR) is 93.4 cm³/mol. The number of aliphatic hydroxyl groups excluding tert-OH is 1. The second-order valence-corrected chi connectivity index (χ2v) is 10.4. The molecule has 2 N–H and O–H groups in total. The number of hydrogen-bond acceptors (Lipinski definition) is 7. The van der Waals surface area contributed by atoms with Gasteiger partial charge in [-0.05, 0) is 74.0 Å². The number of alkyl halides is 2. The van der Waals surface area contributed by atoms with E-state index < -0.39 is 28.9 Å². The topological polar surface area (TPSA) is 85.2 Å². The summed E-state index contributed by atoms with van der Waals surface area (Å²) in [6, 6.07) is 0. The number of hydrogen-bond donors (Lipinski definition) is 2. The third kappa shape index (κ3) is 4.58. The van der Waals surface area contributed by atoms with Crippen molar-refractivity contribution in [2.75, 3.05) is 6.61 Å². The number of carbonyl (C=O) groups excluding carboxylic acids is 1. The lowest BCUT2D eigenvalue weighted by Crippen LogP contribution is -2.59. The smallest absolute Gasteiger partial charge is 0.415 e. The highest BCUT2D eigenvalue weighted by Crippen LogP contribution is 2.65. The van der Waals surface area contributed by atoms with Crippen molar-refractivity contribution in [1.82, 2.24) is 0 Å². The van der Waals surface area contributed by atoms with E-state index in [2.05, 4.69) is 23.2 Å². The maximum absolute atomic E-state index is 13.9. The zero-order chi connectivity index (χ0) is 19.9. The Balaban J connectivity index is 1.75. The zero-order valence-corrected chi connectivity index (χ0v) is 16.5. The molecule has 0 saturated heterocycles. The summed E-state index contributed by atoms with van der Waals surface area (Å²) in [5.41, 5.74) is -0.950. The van der Waals surface area contributed by atoms with Crippen LogP contribution >= 0.6 is 12.0 Å². The SMILES string of the molecule is CC(C)(CCO)CC12CC3CC(C1)CC(OC(=O)C(F)(F)SOOO)(C3)C2. The van der Waals surface area contributed by atoms with Gasteiger partial charge in [-0.1, -0.05) is 18.9 Å². The van der Waals surface area contributed by atoms with E-state index in [1.54, 1.807) is 0 Å². The lowest BCUT2D eigenvalue weighted by atomic mass is 9.45. The number of ether oxygens (including phenoxy) is 1. The molecule has 0 spiro atoms. The molecule has 4 aliphatic carbocycles. The van der Waals surface area contributed by atoms with Gasteiger partial charge < -0.3 is 9.84 Å². The van der Waals surface area contributed by atoms with Crippen LogP contribution in [0.15, 0.2) is 0 Å². The molecular weight excluding hydrogens is 382 g/mol. The van der Waals surface area contributed by atoms with Gasteiger partial charge in [-0.2, -0.15) is 8.78 Å². The van der Waals surface area contributed by atoms with Crippen LogP contribution in [0.3, 0.4) is 0 Å². The fraction of sp³-hybridized carbons (Fsp3) is 0.944. The summed E-state index contributed by atoms with van der Waals surface area (Å²) in [6.07, 6.45) is 6.53. The Morgan fingerprint density at radius 3 is 2.41 bits per heavy atom. The van der Waals surface area contributed by atoms with E-state index in [1.165, 1.54) is 0 Å². The fourth-order valence-corrected chi connectivity index (χ4v) is 6.67. The number of rotatable bonds is 9. The van der Waals surface area contributed by atoms with Crippen LogP contribution in [0.4, 0.5) is 8.78 Å². The van der Waals surface area contributed by atoms with Gasteiger partial charge in [0.1, 0.15) is 17.6 Å². The summed E-state index contributed by atoms with van der Waals surface area (Å²) in [5.74, 6) is -0.902. The fourth-order valence-electron chi connectivity index (χ4n) is 6.45. The van der Waals surface area contributed by atoms with E-state index in [4.69, 9.17) is 9.99 Å². The zero-order valence-electron chi connectivity index (χ0n) is 15.7. The van der Waals surface area contributed by atoms with Crippen molar-refractivity contribution in [3.05, 3.63) is 0 Å². The number of esters is 1. The maximum atomic E-state index is 13.9. The van der Waals surface area contributed by atoms with E-state index in [0.29, 0.717) is 37.5 Å². The summed E-state index contributed by atoms with van der Waals surface area (Å²) < 4.78 is 37.0. The molecule has 0 aromatic rings. The van der Waals surface area contributed by atoms with Crippen molar-refractivity contribution in [3.8, 4) is 0 Å². The lowest BCUT2D eigenvalue weighted by Gasteiger charge is -2.62. The minimum Gasteiger partial charge on any atom is -0.454 e. The van der Waals surface area contributed by atoms with E-state index in [1.807, 2.05) is 0 Å². The van der Waals surface area contributed by atoms with Gasteiger partial charge in [0, 0.05) is 6.61 Å². The van der Waals surface area contributed by atoms with Crippen molar-refractivity contribution in [1.29, 1.82) is 0 Å². The molecule has 4 aliphatic rings. The van der Waals surface area contributed by atoms with E-state index in [-0.39, 0.29) is 17.4 Å². The quantitative estimate of drug-likeness (QED) is 0.253. The van der Waals surface area contributed by atoms with Gasteiger partial charge in [-0.15, -0.1) is 4.33 Å². The van der Waals surface area contributed by atoms with E-state index in [9.17, 15) is 18.7 Å². The van der Waals surface area contributed by atoms with Crippen LogP contribution in [-0.2, 0) is 18.9 Å². The lowest BCUT2D eigenvalue weighted by molar-refractivity contribution is -0.433. The van der Waals surface area contributed by atoms with Crippen molar-refractivity contribution >= 4 is 18.0 Å². The minimum absolute atomic E-state index is 0.0316. The molecule has 0 amide bonds. The van der Waals surface area contributed by atoms with Gasteiger partial charge in [-0.3, -0.25) is 0 Å². The van der Waals surface area contributed by atoms with Gasteiger partial charge >= 0.3 is 11.2 Å². The summed E-state index contributed by atoms with van der Waals surface area (Å²) in [6.45, 7) is 4.36. The normalized spacial score (nSPS) is 35.5. The monoisotopic (exact) mass is 410 g/mol. The Bertz CT molecular complexity index is 556. The maximum Gasteiger partial charge on any atom is 0.415 e. The molecule has 0 aromatic heterocycles. The first-order chi connectivity index (χ1) is 12.5. The molecule has 6 nitrogen and oxygen atoms in total. The summed E-state index contributed by atoms with van der Waals surface area (Å²) in [4.78, 5) is 12.1. The van der Waals surface area contributed by atoms with Crippen molar-refractivity contribution in [2.24, 2.45) is 22.7 Å². The Morgan fingerprint density at radius 1 is 1.22 bits per heavy atom. The van der Waals surface area contributed by atoms with Crippen LogP contribution in [0, 0.1) is 22.7 Å². The molecule has 4 fully saturated rings. The van der Waals surface area contributed by atoms with Gasteiger partial charge in [0.25, 0.3) is 0 Å². The molecule has 0 heterocycles. The largest absolute Gasteiger partial charge is 0.454 e. The third-order valence-corrected chi connectivity index (χ3v) is 6.99. The second-order valence-electron chi connectivity index (χ2n) is 9.59. The summed E-state index contributed by atoms with van der Waals surface area (Å²) in [7, 11) is 0. The van der Waals surface area contributed by atoms with Crippen LogP contribution < -0.4 is 0 Å². The average molecular weight is 410 g/mol. The van der Waals surface area contributed by atoms with Gasteiger partial charge in [0.05, 0.1) is 0 Å². The summed E-state index contributed by atoms with van der Waals surface area (Å²) >= 11 is -0.577. The van der Waals surface area contributed by atoms with Crippen LogP contribution in [0.25, 0.3) is 0 Å². The first-order valence-corrected chi connectivity index (χ1v) is 10.1. The molecule has 0 aromatic carbocycles. The molecule has 9 heteroatoms. The molecule has 4 bridgehead atoms. The predicted octanol–water partition coefficient (Wildman–Crippen LogP) is 4.33. The highest BCUT2D eigenvalue weighted by Gasteiger charge is 2.61. The van der Waals surface area contributed by atoms with Crippen molar-refractivity contribution < 1.29 is 38.0 Å². The molecule has 4 saturated carbocycles. The minimum atomic E-state index is -3.96. The van der Waals surface area contributed by atoms with Crippen molar-refractivity contribution in [2.45, 2.75) is 76.1 Å². The molecule has 4 rings (SSSR count). The number of carbonyl (C=O) groups is 1. The Hall–Kier alpha value is -0.480. The van der Waals surface area contributed by atoms with Crippen molar-refractivity contribution in [3.63, 3.8) is 0 Å². The number of aliphatic hydroxyl groups is 1.